The summed E-state index contributed by atoms with van der Waals surface area (Å²) < 4.78 is 5.63. The van der Waals surface area contributed by atoms with E-state index in [4.69, 9.17) is 4.74 Å². The molecule has 1 saturated heterocycles. The number of carbonyl (C=O) groups is 2. The van der Waals surface area contributed by atoms with Crippen molar-refractivity contribution < 1.29 is 14.3 Å². The Hall–Kier alpha value is -2.86. The predicted molar refractivity (Wildman–Crippen MR) is 110 cm³/mol. The number of amides is 2. The van der Waals surface area contributed by atoms with Crippen LogP contribution in [0.15, 0.2) is 48.5 Å². The summed E-state index contributed by atoms with van der Waals surface area (Å²) in [4.78, 5) is 30.5. The fourth-order valence-electron chi connectivity index (χ4n) is 3.07. The van der Waals surface area contributed by atoms with Crippen LogP contribution in [0.1, 0.15) is 15.9 Å². The van der Waals surface area contributed by atoms with Crippen molar-refractivity contribution in [2.75, 3.05) is 51.8 Å². The maximum absolute atomic E-state index is 12.6. The summed E-state index contributed by atoms with van der Waals surface area (Å²) >= 11 is 0. The number of rotatable bonds is 5. The van der Waals surface area contributed by atoms with Gasteiger partial charge in [-0.3, -0.25) is 9.59 Å². The van der Waals surface area contributed by atoms with E-state index in [0.29, 0.717) is 11.3 Å². The van der Waals surface area contributed by atoms with E-state index in [1.165, 1.54) is 0 Å². The van der Waals surface area contributed by atoms with Crippen LogP contribution < -0.4 is 9.64 Å². The Labute approximate surface area is 166 Å². The first-order valence-electron chi connectivity index (χ1n) is 9.48. The molecule has 0 saturated carbocycles. The van der Waals surface area contributed by atoms with Gasteiger partial charge in [0.2, 0.25) is 0 Å². The average Bonchev–Trinajstić information content (AvgIpc) is 2.72. The number of benzene rings is 2. The predicted octanol–water partition coefficient (Wildman–Crippen LogP) is 2.42. The molecule has 148 valence electrons. The summed E-state index contributed by atoms with van der Waals surface area (Å²) in [6, 6.07) is 14.7. The van der Waals surface area contributed by atoms with Crippen LogP contribution >= 0.6 is 0 Å². The third-order valence-corrected chi connectivity index (χ3v) is 5.05. The molecule has 0 aliphatic carbocycles. The average molecular weight is 381 g/mol. The molecule has 1 aliphatic rings. The van der Waals surface area contributed by atoms with Crippen molar-refractivity contribution in [2.24, 2.45) is 0 Å². The molecule has 0 bridgehead atoms. The lowest BCUT2D eigenvalue weighted by molar-refractivity contribution is -0.134. The maximum Gasteiger partial charge on any atom is 0.260 e. The van der Waals surface area contributed by atoms with Gasteiger partial charge in [-0.1, -0.05) is 17.7 Å². The van der Waals surface area contributed by atoms with Crippen LogP contribution in [-0.2, 0) is 4.79 Å². The zero-order valence-electron chi connectivity index (χ0n) is 16.7. The van der Waals surface area contributed by atoms with Gasteiger partial charge < -0.3 is 19.4 Å². The van der Waals surface area contributed by atoms with Crippen molar-refractivity contribution in [1.82, 2.24) is 9.80 Å². The molecular weight excluding hydrogens is 354 g/mol. The maximum atomic E-state index is 12.6. The third-order valence-electron chi connectivity index (χ3n) is 5.05. The fraction of sp³-hybridized carbons (Fsp3) is 0.364. The molecule has 1 fully saturated rings. The number of ether oxygens (including phenoxy) is 1. The molecule has 6 nitrogen and oxygen atoms in total. The smallest absolute Gasteiger partial charge is 0.260 e. The molecule has 1 heterocycles. The number of hydrogen-bond acceptors (Lipinski definition) is 4. The quantitative estimate of drug-likeness (QED) is 0.798. The van der Waals surface area contributed by atoms with Crippen LogP contribution in [0.4, 0.5) is 5.69 Å². The van der Waals surface area contributed by atoms with Crippen LogP contribution in [-0.4, -0.2) is 68.5 Å². The molecule has 0 radical (unpaired) electrons. The fourth-order valence-corrected chi connectivity index (χ4v) is 3.07. The Morgan fingerprint density at radius 2 is 1.57 bits per heavy atom. The minimum atomic E-state index is -0.0705. The van der Waals surface area contributed by atoms with Crippen molar-refractivity contribution >= 4 is 17.5 Å². The molecular formula is C22H27N3O3. The van der Waals surface area contributed by atoms with Gasteiger partial charge in [-0.15, -0.1) is 0 Å². The topological polar surface area (TPSA) is 53.1 Å². The molecule has 2 aromatic carbocycles. The zero-order valence-corrected chi connectivity index (χ0v) is 16.7. The van der Waals surface area contributed by atoms with Crippen LogP contribution in [0.25, 0.3) is 0 Å². The lowest BCUT2D eigenvalue weighted by Gasteiger charge is -2.32. The first-order valence-corrected chi connectivity index (χ1v) is 9.48. The van der Waals surface area contributed by atoms with Gasteiger partial charge in [0, 0.05) is 44.5 Å². The van der Waals surface area contributed by atoms with Gasteiger partial charge in [0.25, 0.3) is 11.8 Å². The van der Waals surface area contributed by atoms with E-state index in [1.54, 1.807) is 24.1 Å². The van der Waals surface area contributed by atoms with Crippen LogP contribution in [0, 0.1) is 6.92 Å². The van der Waals surface area contributed by atoms with Gasteiger partial charge in [0.1, 0.15) is 5.75 Å². The Kier molecular flexibility index (Phi) is 6.31. The molecule has 6 heteroatoms. The second-order valence-electron chi connectivity index (χ2n) is 7.20. The van der Waals surface area contributed by atoms with Crippen LogP contribution in [0.2, 0.25) is 0 Å². The van der Waals surface area contributed by atoms with Gasteiger partial charge in [0.15, 0.2) is 6.61 Å². The van der Waals surface area contributed by atoms with E-state index in [2.05, 4.69) is 11.9 Å². The number of likely N-dealkylation sites (N-methyl/N-ethyl adjacent to an activating group) is 1. The molecule has 0 aromatic heterocycles. The van der Waals surface area contributed by atoms with Gasteiger partial charge in [0.05, 0.1) is 0 Å². The van der Waals surface area contributed by atoms with E-state index in [9.17, 15) is 9.59 Å². The second-order valence-corrected chi connectivity index (χ2v) is 7.20. The molecule has 0 unspecified atom stereocenters. The molecule has 2 aromatic rings. The SMILES string of the molecule is Cc1ccc(C(=O)N(C)c2ccc(OCC(=O)N3CCN(C)CC3)cc2)cc1. The van der Waals surface area contributed by atoms with Gasteiger partial charge in [-0.2, -0.15) is 0 Å². The van der Waals surface area contributed by atoms with Crippen molar-refractivity contribution in [3.05, 3.63) is 59.7 Å². The highest BCUT2D eigenvalue weighted by Gasteiger charge is 2.19. The Bertz CT molecular complexity index is 810. The van der Waals surface area contributed by atoms with Crippen LogP contribution in [0.5, 0.6) is 5.75 Å². The summed E-state index contributed by atoms with van der Waals surface area (Å²) in [6.07, 6.45) is 0. The third kappa shape index (κ3) is 4.89. The van der Waals surface area contributed by atoms with E-state index < -0.39 is 0 Å². The Morgan fingerprint density at radius 1 is 0.964 bits per heavy atom. The summed E-state index contributed by atoms with van der Waals surface area (Å²) in [7, 11) is 3.80. The Morgan fingerprint density at radius 3 is 2.18 bits per heavy atom. The second kappa shape index (κ2) is 8.89. The molecule has 0 spiro atoms. The first kappa shape index (κ1) is 19.9. The lowest BCUT2D eigenvalue weighted by Crippen LogP contribution is -2.48. The molecule has 2 amide bonds. The lowest BCUT2D eigenvalue weighted by atomic mass is 10.1. The normalized spacial score (nSPS) is 14.6. The number of hydrogen-bond donors (Lipinski definition) is 0. The molecule has 0 N–H and O–H groups in total. The first-order chi connectivity index (χ1) is 13.4. The minimum Gasteiger partial charge on any atom is -0.484 e. The standard InChI is InChI=1S/C22H27N3O3/c1-17-4-6-18(7-5-17)22(27)24(3)19-8-10-20(11-9-19)28-16-21(26)25-14-12-23(2)13-15-25/h4-11H,12-16H2,1-3H3. The summed E-state index contributed by atoms with van der Waals surface area (Å²) in [5, 5.41) is 0. The van der Waals surface area contributed by atoms with Gasteiger partial charge in [-0.25, -0.2) is 0 Å². The highest BCUT2D eigenvalue weighted by molar-refractivity contribution is 6.05. The molecule has 1 aliphatic heterocycles. The van der Waals surface area contributed by atoms with Crippen molar-refractivity contribution in [3.8, 4) is 5.75 Å². The highest BCUT2D eigenvalue weighted by atomic mass is 16.5. The number of piperazine rings is 1. The summed E-state index contributed by atoms with van der Waals surface area (Å²) in [5.74, 6) is 0.546. The molecule has 28 heavy (non-hydrogen) atoms. The summed E-state index contributed by atoms with van der Waals surface area (Å²) in [5.41, 5.74) is 2.53. The Balaban J connectivity index is 1.54. The number of carbonyl (C=O) groups excluding carboxylic acids is 2. The van der Waals surface area contributed by atoms with Gasteiger partial charge in [-0.05, 0) is 50.4 Å². The largest absolute Gasteiger partial charge is 0.484 e. The molecule has 0 atom stereocenters. The van der Waals surface area contributed by atoms with Gasteiger partial charge >= 0.3 is 0 Å². The number of nitrogens with zero attached hydrogens (tertiary/aromatic N) is 3. The monoisotopic (exact) mass is 381 g/mol. The number of aryl methyl sites for hydroxylation is 1. The number of anilines is 1. The minimum absolute atomic E-state index is 0.00356. The highest BCUT2D eigenvalue weighted by Crippen LogP contribution is 2.20. The van der Waals surface area contributed by atoms with E-state index >= 15 is 0 Å². The van der Waals surface area contributed by atoms with Crippen molar-refractivity contribution in [1.29, 1.82) is 0 Å². The van der Waals surface area contributed by atoms with Crippen molar-refractivity contribution in [3.63, 3.8) is 0 Å². The molecule has 3 rings (SSSR count). The van der Waals surface area contributed by atoms with E-state index in [-0.39, 0.29) is 18.4 Å². The van der Waals surface area contributed by atoms with Crippen molar-refractivity contribution in [2.45, 2.75) is 6.92 Å². The van der Waals surface area contributed by atoms with E-state index in [1.807, 2.05) is 48.2 Å². The van der Waals surface area contributed by atoms with E-state index in [0.717, 1.165) is 37.4 Å². The summed E-state index contributed by atoms with van der Waals surface area (Å²) in [6.45, 7) is 5.28. The zero-order chi connectivity index (χ0) is 20.1. The van der Waals surface area contributed by atoms with Crippen LogP contribution in [0.3, 0.4) is 0 Å².